The number of rotatable bonds is 4. The minimum absolute atomic E-state index is 0.0530. The molecule has 0 aromatic heterocycles. The highest BCUT2D eigenvalue weighted by Gasteiger charge is 2.26. The third-order valence-electron chi connectivity index (χ3n) is 4.48. The lowest BCUT2D eigenvalue weighted by Gasteiger charge is -2.30. The highest BCUT2D eigenvalue weighted by Crippen LogP contribution is 2.33. The molecule has 0 bridgehead atoms. The van der Waals surface area contributed by atoms with E-state index in [4.69, 9.17) is 16.3 Å². The van der Waals surface area contributed by atoms with Gasteiger partial charge in [-0.25, -0.2) is 0 Å². The smallest absolute Gasteiger partial charge is 0.227 e. The molecule has 0 aliphatic carbocycles. The van der Waals surface area contributed by atoms with Crippen molar-refractivity contribution in [3.05, 3.63) is 53.6 Å². The van der Waals surface area contributed by atoms with Gasteiger partial charge in [0.15, 0.2) is 5.75 Å². The molecule has 0 radical (unpaired) electrons. The molecule has 2 aromatic rings. The van der Waals surface area contributed by atoms with Crippen molar-refractivity contribution < 1.29 is 14.3 Å². The van der Waals surface area contributed by atoms with Gasteiger partial charge >= 0.3 is 0 Å². The molecule has 6 heteroatoms. The molecule has 1 fully saturated rings. The van der Waals surface area contributed by atoms with Gasteiger partial charge in [0, 0.05) is 31.0 Å². The summed E-state index contributed by atoms with van der Waals surface area (Å²) in [7, 11) is 0. The number of carbonyl (C=O) groups is 2. The largest absolute Gasteiger partial charge is 0.455 e. The first-order valence-electron chi connectivity index (χ1n) is 8.62. The second-order valence-electron chi connectivity index (χ2n) is 6.33. The number of ether oxygens (including phenoxy) is 1. The Morgan fingerprint density at radius 2 is 1.81 bits per heavy atom. The van der Waals surface area contributed by atoms with E-state index < -0.39 is 0 Å². The van der Waals surface area contributed by atoms with Crippen LogP contribution in [0.4, 0.5) is 5.69 Å². The van der Waals surface area contributed by atoms with Gasteiger partial charge in [0.25, 0.3) is 0 Å². The van der Waals surface area contributed by atoms with Gasteiger partial charge in [-0.15, -0.1) is 0 Å². The fraction of sp³-hybridized carbons (Fsp3) is 0.300. The predicted molar refractivity (Wildman–Crippen MR) is 102 cm³/mol. The highest BCUT2D eigenvalue weighted by atomic mass is 35.5. The van der Waals surface area contributed by atoms with E-state index in [0.29, 0.717) is 48.1 Å². The summed E-state index contributed by atoms with van der Waals surface area (Å²) in [6, 6.07) is 14.5. The SMILES string of the molecule is CC(=O)N1CCC(C(=O)Nc2cc(Cl)ccc2Oc2ccccc2)CC1. The van der Waals surface area contributed by atoms with Crippen molar-refractivity contribution in [2.45, 2.75) is 19.8 Å². The van der Waals surface area contributed by atoms with Crippen molar-refractivity contribution in [2.24, 2.45) is 5.92 Å². The van der Waals surface area contributed by atoms with Gasteiger partial charge in [0.1, 0.15) is 5.75 Å². The summed E-state index contributed by atoms with van der Waals surface area (Å²) in [6.45, 7) is 2.77. The maximum absolute atomic E-state index is 12.6. The van der Waals surface area contributed by atoms with Crippen LogP contribution in [0.15, 0.2) is 48.5 Å². The lowest BCUT2D eigenvalue weighted by atomic mass is 9.96. The van der Waals surface area contributed by atoms with E-state index in [-0.39, 0.29) is 17.7 Å². The first-order valence-corrected chi connectivity index (χ1v) is 8.99. The minimum atomic E-state index is -0.130. The Labute approximate surface area is 157 Å². The van der Waals surface area contributed by atoms with Gasteiger partial charge in [0.05, 0.1) is 5.69 Å². The first kappa shape index (κ1) is 18.3. The van der Waals surface area contributed by atoms with Crippen LogP contribution in [0.5, 0.6) is 11.5 Å². The number of likely N-dealkylation sites (tertiary alicyclic amines) is 1. The average molecular weight is 373 g/mol. The number of anilines is 1. The summed E-state index contributed by atoms with van der Waals surface area (Å²) in [5.41, 5.74) is 0.542. The lowest BCUT2D eigenvalue weighted by Crippen LogP contribution is -2.40. The third kappa shape index (κ3) is 4.55. The van der Waals surface area contributed by atoms with E-state index >= 15 is 0 Å². The maximum Gasteiger partial charge on any atom is 0.227 e. The van der Waals surface area contributed by atoms with Crippen LogP contribution in [0.25, 0.3) is 0 Å². The number of hydrogen-bond donors (Lipinski definition) is 1. The van der Waals surface area contributed by atoms with Crippen molar-refractivity contribution >= 4 is 29.1 Å². The average Bonchev–Trinajstić information content (AvgIpc) is 2.65. The van der Waals surface area contributed by atoms with Gasteiger partial charge in [-0.05, 0) is 43.2 Å². The van der Waals surface area contributed by atoms with Crippen LogP contribution in [0.3, 0.4) is 0 Å². The molecular weight excluding hydrogens is 352 g/mol. The van der Waals surface area contributed by atoms with Crippen LogP contribution in [-0.2, 0) is 9.59 Å². The second kappa shape index (κ2) is 8.23. The van der Waals surface area contributed by atoms with Crippen LogP contribution in [-0.4, -0.2) is 29.8 Å². The van der Waals surface area contributed by atoms with Crippen molar-refractivity contribution in [3.63, 3.8) is 0 Å². The number of halogens is 1. The van der Waals surface area contributed by atoms with Crippen LogP contribution < -0.4 is 10.1 Å². The fourth-order valence-electron chi connectivity index (χ4n) is 3.00. The Hall–Kier alpha value is -2.53. The third-order valence-corrected chi connectivity index (χ3v) is 4.72. The Morgan fingerprint density at radius 1 is 1.12 bits per heavy atom. The molecule has 3 rings (SSSR count). The quantitative estimate of drug-likeness (QED) is 0.869. The summed E-state index contributed by atoms with van der Waals surface area (Å²) in [4.78, 5) is 25.8. The number of piperidine rings is 1. The lowest BCUT2D eigenvalue weighted by molar-refractivity contribution is -0.132. The van der Waals surface area contributed by atoms with Crippen LogP contribution in [0.2, 0.25) is 5.02 Å². The van der Waals surface area contributed by atoms with Crippen LogP contribution in [0, 0.1) is 5.92 Å². The van der Waals surface area contributed by atoms with Crippen molar-refractivity contribution in [1.29, 1.82) is 0 Å². The molecule has 0 saturated carbocycles. The normalized spacial score (nSPS) is 14.8. The summed E-state index contributed by atoms with van der Waals surface area (Å²) in [5, 5.41) is 3.45. The molecule has 0 unspecified atom stereocenters. The molecule has 0 atom stereocenters. The zero-order valence-electron chi connectivity index (χ0n) is 14.6. The van der Waals surface area contributed by atoms with Gasteiger partial charge < -0.3 is 15.0 Å². The molecule has 5 nitrogen and oxygen atoms in total. The second-order valence-corrected chi connectivity index (χ2v) is 6.76. The molecule has 26 heavy (non-hydrogen) atoms. The van der Waals surface area contributed by atoms with E-state index in [1.54, 1.807) is 30.0 Å². The Kier molecular flexibility index (Phi) is 5.78. The van der Waals surface area contributed by atoms with E-state index in [0.717, 1.165) is 0 Å². The Balaban J connectivity index is 1.70. The number of hydrogen-bond acceptors (Lipinski definition) is 3. The van der Waals surface area contributed by atoms with Crippen LogP contribution >= 0.6 is 11.6 Å². The standard InChI is InChI=1S/C20H21ClN2O3/c1-14(24)23-11-9-15(10-12-23)20(25)22-18-13-16(21)7-8-19(18)26-17-5-3-2-4-6-17/h2-8,13,15H,9-12H2,1H3,(H,22,25). The number of amides is 2. The van der Waals surface area contributed by atoms with Crippen molar-refractivity contribution in [2.75, 3.05) is 18.4 Å². The number of carbonyl (C=O) groups excluding carboxylic acids is 2. The first-order chi connectivity index (χ1) is 12.5. The topological polar surface area (TPSA) is 58.6 Å². The molecular formula is C20H21ClN2O3. The summed E-state index contributed by atoms with van der Waals surface area (Å²) in [6.07, 6.45) is 1.31. The van der Waals surface area contributed by atoms with E-state index in [1.807, 2.05) is 30.3 Å². The molecule has 1 saturated heterocycles. The molecule has 1 aliphatic rings. The zero-order valence-corrected chi connectivity index (χ0v) is 15.3. The van der Waals surface area contributed by atoms with Crippen LogP contribution in [0.1, 0.15) is 19.8 Å². The predicted octanol–water partition coefficient (Wildman–Crippen LogP) is 4.33. The van der Waals surface area contributed by atoms with Crippen molar-refractivity contribution in [3.8, 4) is 11.5 Å². The number of benzene rings is 2. The van der Waals surface area contributed by atoms with E-state index in [9.17, 15) is 9.59 Å². The van der Waals surface area contributed by atoms with Gasteiger partial charge in [-0.2, -0.15) is 0 Å². The summed E-state index contributed by atoms with van der Waals surface area (Å²) in [5.74, 6) is 1.06. The zero-order chi connectivity index (χ0) is 18.5. The fourth-order valence-corrected chi connectivity index (χ4v) is 3.17. The van der Waals surface area contributed by atoms with Crippen molar-refractivity contribution in [1.82, 2.24) is 4.90 Å². The molecule has 1 aliphatic heterocycles. The summed E-state index contributed by atoms with van der Waals surface area (Å²) < 4.78 is 5.87. The number of nitrogens with one attached hydrogen (secondary N) is 1. The molecule has 0 spiro atoms. The Morgan fingerprint density at radius 3 is 2.46 bits per heavy atom. The number of para-hydroxylation sites is 1. The Bertz CT molecular complexity index is 787. The highest BCUT2D eigenvalue weighted by molar-refractivity contribution is 6.31. The molecule has 2 amide bonds. The van der Waals surface area contributed by atoms with E-state index in [1.165, 1.54) is 0 Å². The number of nitrogens with zero attached hydrogens (tertiary/aromatic N) is 1. The van der Waals surface area contributed by atoms with E-state index in [2.05, 4.69) is 5.32 Å². The maximum atomic E-state index is 12.6. The van der Waals surface area contributed by atoms with Gasteiger partial charge in [-0.1, -0.05) is 29.8 Å². The molecule has 136 valence electrons. The molecule has 1 N–H and O–H groups in total. The minimum Gasteiger partial charge on any atom is -0.455 e. The molecule has 1 heterocycles. The molecule has 2 aromatic carbocycles. The van der Waals surface area contributed by atoms with Gasteiger partial charge in [0.2, 0.25) is 11.8 Å². The monoisotopic (exact) mass is 372 g/mol. The summed E-state index contributed by atoms with van der Waals surface area (Å²) >= 11 is 6.09. The van der Waals surface area contributed by atoms with Gasteiger partial charge in [-0.3, -0.25) is 9.59 Å².